The van der Waals surface area contributed by atoms with Gasteiger partial charge in [-0.15, -0.1) is 0 Å². The molecule has 0 unspecified atom stereocenters. The van der Waals surface area contributed by atoms with Gasteiger partial charge in [-0.25, -0.2) is 4.98 Å². The van der Waals surface area contributed by atoms with E-state index in [4.69, 9.17) is 9.26 Å². The summed E-state index contributed by atoms with van der Waals surface area (Å²) in [4.78, 5) is 20.9. The van der Waals surface area contributed by atoms with E-state index in [-0.39, 0.29) is 5.56 Å². The number of rotatable bonds is 2. The van der Waals surface area contributed by atoms with Gasteiger partial charge >= 0.3 is 0 Å². The summed E-state index contributed by atoms with van der Waals surface area (Å²) in [6.07, 6.45) is 0. The third kappa shape index (κ3) is 2.50. The first-order valence-electron chi connectivity index (χ1n) is 6.10. The molecule has 7 heteroatoms. The molecule has 1 fully saturated rings. The summed E-state index contributed by atoms with van der Waals surface area (Å²) >= 11 is 0. The second-order valence-electron chi connectivity index (χ2n) is 4.38. The van der Waals surface area contributed by atoms with Gasteiger partial charge in [0.25, 0.3) is 5.56 Å². The topological polar surface area (TPSA) is 84.2 Å². The van der Waals surface area contributed by atoms with Crippen LogP contribution in [0.3, 0.4) is 0 Å². The molecule has 0 saturated carbocycles. The lowest BCUT2D eigenvalue weighted by molar-refractivity contribution is 0.122. The molecule has 0 aromatic carbocycles. The molecule has 2 aromatic rings. The average molecular weight is 262 g/mol. The number of anilines is 1. The van der Waals surface area contributed by atoms with Gasteiger partial charge in [0.05, 0.1) is 13.2 Å². The monoisotopic (exact) mass is 262 g/mol. The Hall–Kier alpha value is -2.15. The molecule has 1 N–H and O–H groups in total. The van der Waals surface area contributed by atoms with E-state index in [0.29, 0.717) is 49.4 Å². The van der Waals surface area contributed by atoms with Gasteiger partial charge in [0, 0.05) is 25.2 Å². The van der Waals surface area contributed by atoms with Crippen LogP contribution in [-0.2, 0) is 4.74 Å². The van der Waals surface area contributed by atoms with E-state index >= 15 is 0 Å². The van der Waals surface area contributed by atoms with Crippen molar-refractivity contribution in [2.24, 2.45) is 0 Å². The van der Waals surface area contributed by atoms with Crippen molar-refractivity contribution >= 4 is 5.95 Å². The maximum Gasteiger partial charge on any atom is 0.252 e. The van der Waals surface area contributed by atoms with Crippen molar-refractivity contribution in [1.29, 1.82) is 0 Å². The van der Waals surface area contributed by atoms with Crippen molar-refractivity contribution in [2.45, 2.75) is 6.92 Å². The first-order valence-corrected chi connectivity index (χ1v) is 6.10. The Labute approximate surface area is 109 Å². The van der Waals surface area contributed by atoms with Gasteiger partial charge in [-0.2, -0.15) is 0 Å². The molecule has 0 bridgehead atoms. The predicted molar refractivity (Wildman–Crippen MR) is 68.1 cm³/mol. The van der Waals surface area contributed by atoms with Crippen LogP contribution in [0.4, 0.5) is 5.95 Å². The fraction of sp³-hybridized carbons (Fsp3) is 0.417. The van der Waals surface area contributed by atoms with Gasteiger partial charge < -0.3 is 14.2 Å². The van der Waals surface area contributed by atoms with Crippen LogP contribution in [0.1, 0.15) is 5.76 Å². The third-order valence-electron chi connectivity index (χ3n) is 2.93. The summed E-state index contributed by atoms with van der Waals surface area (Å²) in [7, 11) is 0. The largest absolute Gasteiger partial charge is 0.378 e. The Morgan fingerprint density at radius 3 is 2.74 bits per heavy atom. The fourth-order valence-corrected chi connectivity index (χ4v) is 1.99. The lowest BCUT2D eigenvalue weighted by Crippen LogP contribution is -2.38. The van der Waals surface area contributed by atoms with Crippen LogP contribution in [0, 0.1) is 6.92 Å². The number of morpholine rings is 1. The number of hydrogen-bond donors (Lipinski definition) is 1. The van der Waals surface area contributed by atoms with Crippen LogP contribution in [0.5, 0.6) is 0 Å². The lowest BCUT2D eigenvalue weighted by Gasteiger charge is -2.27. The predicted octanol–water partition coefficient (Wildman–Crippen LogP) is 0.570. The summed E-state index contributed by atoms with van der Waals surface area (Å²) in [6.45, 7) is 4.50. The maximum atomic E-state index is 11.7. The Bertz CT molecular complexity index is 628. The molecule has 1 aliphatic heterocycles. The van der Waals surface area contributed by atoms with E-state index in [1.54, 1.807) is 13.0 Å². The Balaban J connectivity index is 1.98. The van der Waals surface area contributed by atoms with Crippen LogP contribution >= 0.6 is 0 Å². The molecule has 1 saturated heterocycles. The molecular weight excluding hydrogens is 248 g/mol. The van der Waals surface area contributed by atoms with Crippen molar-refractivity contribution in [3.63, 3.8) is 0 Å². The van der Waals surface area contributed by atoms with E-state index in [1.165, 1.54) is 6.07 Å². The molecule has 7 nitrogen and oxygen atoms in total. The molecule has 19 heavy (non-hydrogen) atoms. The minimum absolute atomic E-state index is 0.202. The average Bonchev–Trinajstić information content (AvgIpc) is 2.86. The zero-order valence-corrected chi connectivity index (χ0v) is 10.5. The molecule has 3 heterocycles. The highest BCUT2D eigenvalue weighted by Crippen LogP contribution is 2.17. The second-order valence-corrected chi connectivity index (χ2v) is 4.38. The standard InChI is InChI=1S/C12H14N4O3/c1-8-6-10(15-19-8)9-7-11(17)14-12(13-9)16-2-4-18-5-3-16/h6-7H,2-5H2,1H3,(H,13,14,17). The highest BCUT2D eigenvalue weighted by molar-refractivity contribution is 5.55. The molecule has 0 atom stereocenters. The first-order chi connectivity index (χ1) is 9.22. The highest BCUT2D eigenvalue weighted by Gasteiger charge is 2.15. The molecule has 0 aliphatic carbocycles. The molecule has 1 aliphatic rings. The van der Waals surface area contributed by atoms with Crippen LogP contribution < -0.4 is 10.5 Å². The molecule has 0 radical (unpaired) electrons. The molecule has 0 amide bonds. The number of aromatic nitrogens is 3. The summed E-state index contributed by atoms with van der Waals surface area (Å²) in [6, 6.07) is 3.17. The van der Waals surface area contributed by atoms with Crippen molar-refractivity contribution in [3.05, 3.63) is 28.2 Å². The minimum Gasteiger partial charge on any atom is -0.378 e. The molecule has 100 valence electrons. The van der Waals surface area contributed by atoms with E-state index < -0.39 is 0 Å². The number of ether oxygens (including phenoxy) is 1. The number of hydrogen-bond acceptors (Lipinski definition) is 6. The van der Waals surface area contributed by atoms with Gasteiger partial charge in [-0.05, 0) is 6.92 Å². The number of H-pyrrole nitrogens is 1. The van der Waals surface area contributed by atoms with E-state index in [1.807, 2.05) is 4.90 Å². The van der Waals surface area contributed by atoms with Gasteiger partial charge in [-0.3, -0.25) is 9.78 Å². The van der Waals surface area contributed by atoms with Crippen LogP contribution in [0.25, 0.3) is 11.4 Å². The maximum absolute atomic E-state index is 11.7. The van der Waals surface area contributed by atoms with Crippen LogP contribution in [0.15, 0.2) is 21.5 Å². The number of aryl methyl sites for hydroxylation is 1. The highest BCUT2D eigenvalue weighted by atomic mass is 16.5. The third-order valence-corrected chi connectivity index (χ3v) is 2.93. The van der Waals surface area contributed by atoms with Crippen molar-refractivity contribution < 1.29 is 9.26 Å². The van der Waals surface area contributed by atoms with E-state index in [9.17, 15) is 4.79 Å². The number of nitrogens with zero attached hydrogens (tertiary/aromatic N) is 3. The molecule has 2 aromatic heterocycles. The second kappa shape index (κ2) is 4.85. The number of nitrogens with one attached hydrogen (secondary N) is 1. The first kappa shape index (κ1) is 11.9. The van der Waals surface area contributed by atoms with Crippen molar-refractivity contribution in [3.8, 4) is 11.4 Å². The SMILES string of the molecule is Cc1cc(-c2cc(=O)[nH]c(N3CCOCC3)n2)no1. The van der Waals surface area contributed by atoms with Gasteiger partial charge in [0.15, 0.2) is 0 Å². The van der Waals surface area contributed by atoms with Gasteiger partial charge in [0.2, 0.25) is 5.95 Å². The Morgan fingerprint density at radius 1 is 1.26 bits per heavy atom. The van der Waals surface area contributed by atoms with E-state index in [2.05, 4.69) is 15.1 Å². The quantitative estimate of drug-likeness (QED) is 0.851. The fourth-order valence-electron chi connectivity index (χ4n) is 1.99. The zero-order valence-electron chi connectivity index (χ0n) is 10.5. The summed E-state index contributed by atoms with van der Waals surface area (Å²) in [5, 5.41) is 3.88. The van der Waals surface area contributed by atoms with Crippen LogP contribution in [0.2, 0.25) is 0 Å². The summed E-state index contributed by atoms with van der Waals surface area (Å²) in [5.41, 5.74) is 0.882. The van der Waals surface area contributed by atoms with Crippen LogP contribution in [-0.4, -0.2) is 41.4 Å². The minimum atomic E-state index is -0.202. The summed E-state index contributed by atoms with van der Waals surface area (Å²) in [5.74, 6) is 1.23. The smallest absolute Gasteiger partial charge is 0.252 e. The molecule has 3 rings (SSSR count). The van der Waals surface area contributed by atoms with E-state index in [0.717, 1.165) is 0 Å². The Kier molecular flexibility index (Phi) is 3.04. The van der Waals surface area contributed by atoms with Gasteiger partial charge in [-0.1, -0.05) is 5.16 Å². The lowest BCUT2D eigenvalue weighted by atomic mass is 10.3. The normalized spacial score (nSPS) is 15.7. The van der Waals surface area contributed by atoms with Gasteiger partial charge in [0.1, 0.15) is 17.1 Å². The number of aromatic amines is 1. The van der Waals surface area contributed by atoms with Crippen molar-refractivity contribution in [1.82, 2.24) is 15.1 Å². The summed E-state index contributed by atoms with van der Waals surface area (Å²) < 4.78 is 10.3. The zero-order chi connectivity index (χ0) is 13.2. The molecule has 0 spiro atoms. The van der Waals surface area contributed by atoms with Crippen molar-refractivity contribution in [2.75, 3.05) is 31.2 Å². The molecular formula is C12H14N4O3. The Morgan fingerprint density at radius 2 is 2.05 bits per heavy atom.